The predicted octanol–water partition coefficient (Wildman–Crippen LogP) is 4.29. The van der Waals surface area contributed by atoms with E-state index in [1.54, 1.807) is 48.5 Å². The highest BCUT2D eigenvalue weighted by molar-refractivity contribution is 6.09. The molecular weight excluding hydrogens is 373 g/mol. The van der Waals surface area contributed by atoms with Gasteiger partial charge in [0.05, 0.1) is 11.4 Å². The number of ether oxygens (including phenoxy) is 1. The minimum atomic E-state index is -0.552. The zero-order valence-corrected chi connectivity index (χ0v) is 15.4. The predicted molar refractivity (Wildman–Crippen MR) is 109 cm³/mol. The van der Waals surface area contributed by atoms with E-state index in [2.05, 4.69) is 22.2 Å². The number of amides is 2. The maximum atomic E-state index is 13.7. The van der Waals surface area contributed by atoms with Gasteiger partial charge in [0.1, 0.15) is 23.9 Å². The Kier molecular flexibility index (Phi) is 6.32. The second kappa shape index (κ2) is 9.27. The third kappa shape index (κ3) is 5.26. The number of aromatic nitrogens is 1. The molecule has 0 atom stereocenters. The van der Waals surface area contributed by atoms with E-state index in [1.807, 2.05) is 0 Å². The highest BCUT2D eigenvalue weighted by atomic mass is 19.1. The molecule has 0 radical (unpaired) electrons. The van der Waals surface area contributed by atoms with Gasteiger partial charge < -0.3 is 15.4 Å². The van der Waals surface area contributed by atoms with Crippen LogP contribution in [0.25, 0.3) is 0 Å². The van der Waals surface area contributed by atoms with Crippen molar-refractivity contribution < 1.29 is 18.7 Å². The largest absolute Gasteiger partial charge is 0.490 e. The maximum absolute atomic E-state index is 13.7. The molecule has 2 aromatic carbocycles. The van der Waals surface area contributed by atoms with Crippen LogP contribution in [0, 0.1) is 5.82 Å². The topological polar surface area (TPSA) is 80.3 Å². The van der Waals surface area contributed by atoms with Crippen LogP contribution < -0.4 is 15.4 Å². The average molecular weight is 391 g/mol. The van der Waals surface area contributed by atoms with Crippen molar-refractivity contribution in [1.29, 1.82) is 0 Å². The normalized spacial score (nSPS) is 10.1. The van der Waals surface area contributed by atoms with Crippen molar-refractivity contribution in [1.82, 2.24) is 4.98 Å². The molecule has 7 heteroatoms. The number of nitrogens with one attached hydrogen (secondary N) is 2. The molecular formula is C22H18FN3O3. The molecule has 0 aliphatic rings. The minimum absolute atomic E-state index is 0.131. The third-order valence-corrected chi connectivity index (χ3v) is 3.86. The van der Waals surface area contributed by atoms with E-state index < -0.39 is 17.6 Å². The lowest BCUT2D eigenvalue weighted by Crippen LogP contribution is -2.17. The van der Waals surface area contributed by atoms with Gasteiger partial charge in [0.15, 0.2) is 0 Å². The molecule has 1 aromatic heterocycles. The van der Waals surface area contributed by atoms with Crippen molar-refractivity contribution in [3.63, 3.8) is 0 Å². The van der Waals surface area contributed by atoms with Gasteiger partial charge in [-0.1, -0.05) is 18.7 Å². The van der Waals surface area contributed by atoms with Crippen molar-refractivity contribution in [2.45, 2.75) is 0 Å². The lowest BCUT2D eigenvalue weighted by molar-refractivity contribution is 0.101. The van der Waals surface area contributed by atoms with Crippen LogP contribution in [0.3, 0.4) is 0 Å². The number of hydrogen-bond donors (Lipinski definition) is 2. The van der Waals surface area contributed by atoms with Crippen molar-refractivity contribution in [2.24, 2.45) is 0 Å². The van der Waals surface area contributed by atoms with E-state index in [0.717, 1.165) is 6.07 Å². The molecule has 29 heavy (non-hydrogen) atoms. The molecule has 0 bridgehead atoms. The Bertz CT molecular complexity index is 1020. The summed E-state index contributed by atoms with van der Waals surface area (Å²) in [6, 6.07) is 15.1. The Labute approximate surface area is 167 Å². The number of carbonyl (C=O) groups excluding carboxylic acids is 2. The Morgan fingerprint density at radius 1 is 1.00 bits per heavy atom. The van der Waals surface area contributed by atoms with Gasteiger partial charge in [-0.3, -0.25) is 14.6 Å². The van der Waals surface area contributed by atoms with Gasteiger partial charge in [0, 0.05) is 11.8 Å². The Balaban J connectivity index is 1.76. The van der Waals surface area contributed by atoms with E-state index in [-0.39, 0.29) is 17.1 Å². The van der Waals surface area contributed by atoms with E-state index in [0.29, 0.717) is 17.9 Å². The molecule has 2 N–H and O–H groups in total. The number of carbonyl (C=O) groups is 2. The minimum Gasteiger partial charge on any atom is -0.490 e. The summed E-state index contributed by atoms with van der Waals surface area (Å²) in [6.45, 7) is 3.93. The quantitative estimate of drug-likeness (QED) is 0.589. The number of nitrogens with zero attached hydrogens (tertiary/aromatic N) is 1. The molecule has 0 saturated heterocycles. The fourth-order valence-electron chi connectivity index (χ4n) is 2.46. The molecule has 0 aliphatic carbocycles. The molecule has 0 aliphatic heterocycles. The molecule has 0 fully saturated rings. The summed E-state index contributed by atoms with van der Waals surface area (Å²) in [5, 5.41) is 5.25. The standard InChI is InChI=1S/C22H18FN3O3/c1-2-13-29-17-9-6-15(7-10-17)21(27)26-20-14-16(23)8-11-18(20)25-22(28)19-5-3-4-12-24-19/h2-12,14H,1,13H2,(H,25,28)(H,26,27). The fraction of sp³-hybridized carbons (Fsp3) is 0.0455. The van der Waals surface area contributed by atoms with Crippen LogP contribution in [0.15, 0.2) is 79.5 Å². The van der Waals surface area contributed by atoms with Crippen molar-refractivity contribution in [3.8, 4) is 5.75 Å². The van der Waals surface area contributed by atoms with E-state index in [4.69, 9.17) is 4.74 Å². The highest BCUT2D eigenvalue weighted by Crippen LogP contribution is 2.24. The summed E-state index contributed by atoms with van der Waals surface area (Å²) in [5.41, 5.74) is 0.930. The number of benzene rings is 2. The first-order chi connectivity index (χ1) is 14.1. The molecule has 1 heterocycles. The highest BCUT2D eigenvalue weighted by Gasteiger charge is 2.14. The smallest absolute Gasteiger partial charge is 0.274 e. The summed E-state index contributed by atoms with van der Waals surface area (Å²) in [4.78, 5) is 28.8. The fourth-order valence-corrected chi connectivity index (χ4v) is 2.46. The first-order valence-corrected chi connectivity index (χ1v) is 8.74. The van der Waals surface area contributed by atoms with Crippen molar-refractivity contribution in [3.05, 3.63) is 96.6 Å². The molecule has 3 rings (SSSR count). The van der Waals surface area contributed by atoms with Gasteiger partial charge in [-0.25, -0.2) is 4.39 Å². The van der Waals surface area contributed by atoms with Crippen LogP contribution in [-0.2, 0) is 0 Å². The summed E-state index contributed by atoms with van der Waals surface area (Å²) in [6.07, 6.45) is 3.11. The van der Waals surface area contributed by atoms with Gasteiger partial charge in [-0.05, 0) is 54.6 Å². The second-order valence-electron chi connectivity index (χ2n) is 5.94. The van der Waals surface area contributed by atoms with Crippen molar-refractivity contribution >= 4 is 23.2 Å². The molecule has 146 valence electrons. The number of anilines is 2. The third-order valence-electron chi connectivity index (χ3n) is 3.86. The van der Waals surface area contributed by atoms with Gasteiger partial charge >= 0.3 is 0 Å². The zero-order chi connectivity index (χ0) is 20.6. The SMILES string of the molecule is C=CCOc1ccc(C(=O)Nc2cc(F)ccc2NC(=O)c2ccccn2)cc1. The van der Waals surface area contributed by atoms with E-state index in [1.165, 1.54) is 18.3 Å². The van der Waals surface area contributed by atoms with Crippen LogP contribution in [0.4, 0.5) is 15.8 Å². The Morgan fingerprint density at radius 2 is 1.76 bits per heavy atom. The van der Waals surface area contributed by atoms with Crippen molar-refractivity contribution in [2.75, 3.05) is 17.2 Å². The number of rotatable bonds is 7. The van der Waals surface area contributed by atoms with Gasteiger partial charge in [0.25, 0.3) is 11.8 Å². The first kappa shape index (κ1) is 19.8. The summed E-state index contributed by atoms with van der Waals surface area (Å²) in [7, 11) is 0. The monoisotopic (exact) mass is 391 g/mol. The maximum Gasteiger partial charge on any atom is 0.274 e. The lowest BCUT2D eigenvalue weighted by Gasteiger charge is -2.13. The van der Waals surface area contributed by atoms with Gasteiger partial charge in [0.2, 0.25) is 0 Å². The van der Waals surface area contributed by atoms with Gasteiger partial charge in [-0.2, -0.15) is 0 Å². The van der Waals surface area contributed by atoms with E-state index >= 15 is 0 Å². The summed E-state index contributed by atoms with van der Waals surface area (Å²) < 4.78 is 19.1. The molecule has 6 nitrogen and oxygen atoms in total. The lowest BCUT2D eigenvalue weighted by atomic mass is 10.2. The van der Waals surface area contributed by atoms with Crippen LogP contribution in [0.1, 0.15) is 20.8 Å². The average Bonchev–Trinajstić information content (AvgIpc) is 2.75. The van der Waals surface area contributed by atoms with Gasteiger partial charge in [-0.15, -0.1) is 0 Å². The van der Waals surface area contributed by atoms with Crippen LogP contribution >= 0.6 is 0 Å². The van der Waals surface area contributed by atoms with Crippen LogP contribution in [0.2, 0.25) is 0 Å². The molecule has 0 saturated carbocycles. The Hall–Kier alpha value is -4.00. The molecule has 0 spiro atoms. The van der Waals surface area contributed by atoms with Crippen LogP contribution in [-0.4, -0.2) is 23.4 Å². The Morgan fingerprint density at radius 3 is 2.45 bits per heavy atom. The first-order valence-electron chi connectivity index (χ1n) is 8.74. The number of hydrogen-bond acceptors (Lipinski definition) is 4. The number of pyridine rings is 1. The summed E-state index contributed by atoms with van der Waals surface area (Å²) >= 11 is 0. The zero-order valence-electron chi connectivity index (χ0n) is 15.4. The second-order valence-corrected chi connectivity index (χ2v) is 5.94. The number of halogens is 1. The van der Waals surface area contributed by atoms with Crippen LogP contribution in [0.5, 0.6) is 5.75 Å². The van der Waals surface area contributed by atoms with E-state index in [9.17, 15) is 14.0 Å². The molecule has 3 aromatic rings. The molecule has 2 amide bonds. The summed E-state index contributed by atoms with van der Waals surface area (Å²) in [5.74, 6) is -0.893. The molecule has 0 unspecified atom stereocenters.